The maximum absolute atomic E-state index is 10.8. The highest BCUT2D eigenvalue weighted by atomic mass is 32.2. The molecule has 1 aromatic rings. The van der Waals surface area contributed by atoms with E-state index >= 15 is 0 Å². The quantitative estimate of drug-likeness (QED) is 0.755. The predicted molar refractivity (Wildman–Crippen MR) is 54.1 cm³/mol. The van der Waals surface area contributed by atoms with Crippen molar-refractivity contribution >= 4 is 34.2 Å². The molecule has 13 heavy (non-hydrogen) atoms. The second-order valence-corrected chi connectivity index (χ2v) is 5.92. The highest BCUT2D eigenvalue weighted by Gasteiger charge is 2.29. The normalized spacial score (nSPS) is 11.5. The summed E-state index contributed by atoms with van der Waals surface area (Å²) in [6.45, 7) is 3.30. The van der Waals surface area contributed by atoms with Gasteiger partial charge in [0.05, 0.1) is 10.4 Å². The summed E-state index contributed by atoms with van der Waals surface area (Å²) in [5.74, 6) is -0.843. The van der Waals surface area contributed by atoms with Gasteiger partial charge in [0, 0.05) is 0 Å². The summed E-state index contributed by atoms with van der Waals surface area (Å²) in [6.07, 6.45) is 1.59. The Morgan fingerprint density at radius 2 is 2.38 bits per heavy atom. The number of rotatable bonds is 3. The molecule has 72 valence electrons. The molecule has 1 heterocycles. The van der Waals surface area contributed by atoms with Gasteiger partial charge >= 0.3 is 5.97 Å². The molecule has 0 radical (unpaired) electrons. The summed E-state index contributed by atoms with van der Waals surface area (Å²) in [5.41, 5.74) is 5.42. The Morgan fingerprint density at radius 3 is 2.77 bits per heavy atom. The van der Waals surface area contributed by atoms with Crippen LogP contribution in [0.5, 0.6) is 0 Å². The first-order valence-electron chi connectivity index (χ1n) is 3.55. The summed E-state index contributed by atoms with van der Waals surface area (Å²) in [7, 11) is 0. The Hall–Kier alpha value is -0.750. The Balaban J connectivity index is 2.74. The molecule has 0 atom stereocenters. The number of nitrogen functional groups attached to an aromatic ring is 1. The number of aliphatic carboxylic acids is 1. The van der Waals surface area contributed by atoms with E-state index in [0.29, 0.717) is 5.13 Å². The van der Waals surface area contributed by atoms with Crippen molar-refractivity contribution in [3.8, 4) is 0 Å². The molecular weight excluding hydrogens is 208 g/mol. The van der Waals surface area contributed by atoms with E-state index in [-0.39, 0.29) is 0 Å². The number of hydrogen-bond acceptors (Lipinski definition) is 5. The van der Waals surface area contributed by atoms with Crippen LogP contribution in [0.3, 0.4) is 0 Å². The van der Waals surface area contributed by atoms with Crippen LogP contribution in [0, 0.1) is 0 Å². The molecule has 0 bridgehead atoms. The number of hydrogen-bond donors (Lipinski definition) is 2. The molecule has 0 fully saturated rings. The number of nitrogens with two attached hydrogens (primary N) is 1. The summed E-state index contributed by atoms with van der Waals surface area (Å²) in [4.78, 5) is 14.6. The third kappa shape index (κ3) is 2.60. The van der Waals surface area contributed by atoms with Crippen molar-refractivity contribution in [2.75, 3.05) is 5.73 Å². The molecule has 0 amide bonds. The minimum Gasteiger partial charge on any atom is -0.480 e. The Bertz CT molecular complexity index is 322. The Labute approximate surface area is 84.2 Å². The van der Waals surface area contributed by atoms with E-state index in [4.69, 9.17) is 10.8 Å². The molecule has 0 unspecified atom stereocenters. The van der Waals surface area contributed by atoms with Crippen molar-refractivity contribution in [3.05, 3.63) is 6.20 Å². The first kappa shape index (κ1) is 10.3. The fourth-order valence-electron chi connectivity index (χ4n) is 0.614. The molecule has 0 saturated carbocycles. The minimum atomic E-state index is -0.843. The number of carboxylic acid groups (broad SMARTS) is 1. The molecule has 3 N–H and O–H groups in total. The lowest BCUT2D eigenvalue weighted by Crippen LogP contribution is -2.26. The smallest absolute Gasteiger partial charge is 0.319 e. The van der Waals surface area contributed by atoms with Gasteiger partial charge in [-0.05, 0) is 13.8 Å². The van der Waals surface area contributed by atoms with Crippen molar-refractivity contribution in [3.63, 3.8) is 0 Å². The number of anilines is 1. The topological polar surface area (TPSA) is 76.2 Å². The van der Waals surface area contributed by atoms with Gasteiger partial charge in [-0.1, -0.05) is 23.1 Å². The van der Waals surface area contributed by atoms with E-state index in [9.17, 15) is 4.79 Å². The summed E-state index contributed by atoms with van der Waals surface area (Å²) >= 11 is 2.55. The van der Waals surface area contributed by atoms with E-state index in [1.165, 1.54) is 23.1 Å². The van der Waals surface area contributed by atoms with Crippen LogP contribution < -0.4 is 5.73 Å². The second kappa shape index (κ2) is 3.55. The van der Waals surface area contributed by atoms with E-state index in [2.05, 4.69) is 4.98 Å². The lowest BCUT2D eigenvalue weighted by atomic mass is 10.2. The molecule has 0 aliphatic heterocycles. The number of nitrogens with zero attached hydrogens (tertiary/aromatic N) is 1. The largest absolute Gasteiger partial charge is 0.480 e. The zero-order valence-electron chi connectivity index (χ0n) is 7.27. The van der Waals surface area contributed by atoms with Crippen LogP contribution in [0.15, 0.2) is 10.4 Å². The summed E-state index contributed by atoms with van der Waals surface area (Å²) < 4.78 is -0.0104. The summed E-state index contributed by atoms with van der Waals surface area (Å²) in [5, 5.41) is 9.30. The molecule has 0 saturated heterocycles. The lowest BCUT2D eigenvalue weighted by molar-refractivity contribution is -0.138. The van der Waals surface area contributed by atoms with Gasteiger partial charge < -0.3 is 10.8 Å². The van der Waals surface area contributed by atoms with Crippen molar-refractivity contribution in [2.45, 2.75) is 22.8 Å². The molecular formula is C7H10N2O2S2. The van der Waals surface area contributed by atoms with Gasteiger partial charge in [0.15, 0.2) is 5.13 Å². The molecule has 6 heteroatoms. The number of aromatic nitrogens is 1. The minimum absolute atomic E-state index is 0.462. The van der Waals surface area contributed by atoms with Crippen LogP contribution in [0.2, 0.25) is 0 Å². The van der Waals surface area contributed by atoms with E-state index in [1.54, 1.807) is 20.0 Å². The SMILES string of the molecule is CC(C)(Sc1cnc(N)s1)C(=O)O. The van der Waals surface area contributed by atoms with Crippen LogP contribution >= 0.6 is 23.1 Å². The highest BCUT2D eigenvalue weighted by Crippen LogP contribution is 2.36. The van der Waals surface area contributed by atoms with Gasteiger partial charge in [0.1, 0.15) is 4.75 Å². The number of thioether (sulfide) groups is 1. The molecule has 0 aromatic carbocycles. The predicted octanol–water partition coefficient (Wildman–Crippen LogP) is 1.68. The van der Waals surface area contributed by atoms with Crippen LogP contribution in [0.4, 0.5) is 5.13 Å². The van der Waals surface area contributed by atoms with Gasteiger partial charge in [0.25, 0.3) is 0 Å². The van der Waals surface area contributed by atoms with Crippen LogP contribution in [-0.2, 0) is 4.79 Å². The first-order valence-corrected chi connectivity index (χ1v) is 5.19. The maximum Gasteiger partial charge on any atom is 0.319 e. The zero-order valence-corrected chi connectivity index (χ0v) is 8.91. The molecule has 0 aliphatic carbocycles. The average Bonchev–Trinajstić information content (AvgIpc) is 2.34. The van der Waals surface area contributed by atoms with E-state index in [0.717, 1.165) is 4.21 Å². The standard InChI is InChI=1S/C7H10N2O2S2/c1-7(2,5(10)11)13-4-3-9-6(8)12-4/h3H,1-2H3,(H2,8,9)(H,10,11). The van der Waals surface area contributed by atoms with E-state index < -0.39 is 10.7 Å². The molecule has 4 nitrogen and oxygen atoms in total. The molecule has 1 rings (SSSR count). The molecule has 0 aliphatic rings. The zero-order chi connectivity index (χ0) is 10.1. The fraction of sp³-hybridized carbons (Fsp3) is 0.429. The van der Waals surface area contributed by atoms with Crippen molar-refractivity contribution in [2.24, 2.45) is 0 Å². The van der Waals surface area contributed by atoms with Crippen molar-refractivity contribution in [1.29, 1.82) is 0 Å². The second-order valence-electron chi connectivity index (χ2n) is 2.94. The van der Waals surface area contributed by atoms with E-state index in [1.807, 2.05) is 0 Å². The number of carboxylic acids is 1. The van der Waals surface area contributed by atoms with Gasteiger partial charge in [-0.2, -0.15) is 0 Å². The van der Waals surface area contributed by atoms with Gasteiger partial charge in [-0.3, -0.25) is 4.79 Å². The monoisotopic (exact) mass is 218 g/mol. The van der Waals surface area contributed by atoms with Crippen molar-refractivity contribution in [1.82, 2.24) is 4.98 Å². The van der Waals surface area contributed by atoms with Crippen molar-refractivity contribution < 1.29 is 9.90 Å². The molecule has 1 aromatic heterocycles. The fourth-order valence-corrected chi connectivity index (χ4v) is 2.77. The van der Waals surface area contributed by atoms with Gasteiger partial charge in [-0.15, -0.1) is 0 Å². The Kier molecular flexibility index (Phi) is 2.82. The number of thiazole rings is 1. The first-order chi connectivity index (χ1) is 5.92. The van der Waals surface area contributed by atoms with Crippen LogP contribution in [-0.4, -0.2) is 20.8 Å². The van der Waals surface area contributed by atoms with Crippen LogP contribution in [0.25, 0.3) is 0 Å². The number of carbonyl (C=O) groups is 1. The average molecular weight is 218 g/mol. The van der Waals surface area contributed by atoms with Gasteiger partial charge in [-0.25, -0.2) is 4.98 Å². The highest BCUT2D eigenvalue weighted by molar-refractivity contribution is 8.03. The summed E-state index contributed by atoms with van der Waals surface area (Å²) in [6, 6.07) is 0. The third-order valence-corrected chi connectivity index (χ3v) is 3.49. The Morgan fingerprint density at radius 1 is 1.77 bits per heavy atom. The third-order valence-electron chi connectivity index (χ3n) is 1.37. The molecule has 0 spiro atoms. The van der Waals surface area contributed by atoms with Gasteiger partial charge in [0.2, 0.25) is 0 Å². The van der Waals surface area contributed by atoms with Crippen LogP contribution in [0.1, 0.15) is 13.8 Å². The maximum atomic E-state index is 10.8. The lowest BCUT2D eigenvalue weighted by Gasteiger charge is -2.16.